The van der Waals surface area contributed by atoms with Crippen LogP contribution in [0.25, 0.3) is 10.8 Å². The van der Waals surface area contributed by atoms with Gasteiger partial charge in [-0.25, -0.2) is 4.39 Å². The summed E-state index contributed by atoms with van der Waals surface area (Å²) >= 11 is 0. The largest absolute Gasteiger partial charge is 0.481 e. The standard InChI is InChI=1S/C24H29FN2O6/c1-15(2)23(20(28)11-17(12-21(29)30)24(14-25,31-3)32-4)13-19(27-33-23)22-18-8-6-5-7-16(18)9-10-26-22/h5-10,15,17H,11-14H2,1-4H3,(H,29,30)/t17-,23+/m0/s1. The van der Waals surface area contributed by atoms with Crippen molar-refractivity contribution in [2.75, 3.05) is 20.9 Å². The van der Waals surface area contributed by atoms with Gasteiger partial charge in [0, 0.05) is 50.5 Å². The number of aliphatic carboxylic acids is 1. The summed E-state index contributed by atoms with van der Waals surface area (Å²) in [6.07, 6.45) is 1.01. The highest BCUT2D eigenvalue weighted by atomic mass is 19.1. The fourth-order valence-electron chi connectivity index (χ4n) is 4.33. The molecule has 0 saturated heterocycles. The van der Waals surface area contributed by atoms with Crippen LogP contribution < -0.4 is 0 Å². The van der Waals surface area contributed by atoms with E-state index in [1.807, 2.05) is 44.2 Å². The third-order valence-electron chi connectivity index (χ3n) is 6.45. The van der Waals surface area contributed by atoms with Gasteiger partial charge in [0.15, 0.2) is 11.6 Å². The number of oxime groups is 1. The second kappa shape index (κ2) is 9.93. The molecule has 0 bridgehead atoms. The number of carboxylic acids is 1. The predicted octanol–water partition coefficient (Wildman–Crippen LogP) is 3.76. The number of alkyl halides is 1. The molecule has 1 aliphatic rings. The number of carboxylic acid groups (broad SMARTS) is 1. The second-order valence-corrected chi connectivity index (χ2v) is 8.51. The molecule has 0 saturated carbocycles. The Morgan fingerprint density at radius 1 is 1.21 bits per heavy atom. The Kier molecular flexibility index (Phi) is 7.44. The Labute approximate surface area is 191 Å². The molecule has 8 nitrogen and oxygen atoms in total. The van der Waals surface area contributed by atoms with Crippen molar-refractivity contribution in [2.45, 2.75) is 44.5 Å². The van der Waals surface area contributed by atoms with Crippen LogP contribution in [0.3, 0.4) is 0 Å². The molecule has 0 fully saturated rings. The topological polar surface area (TPSA) is 107 Å². The molecule has 178 valence electrons. The minimum Gasteiger partial charge on any atom is -0.481 e. The molecule has 1 aromatic heterocycles. The normalized spacial score (nSPS) is 19.4. The molecule has 1 N–H and O–H groups in total. The molecule has 0 unspecified atom stereocenters. The number of ketones is 1. The number of halogens is 1. The number of pyridine rings is 1. The van der Waals surface area contributed by atoms with Gasteiger partial charge in [0.05, 0.1) is 12.1 Å². The molecular formula is C24H29FN2O6. The molecule has 9 heteroatoms. The van der Waals surface area contributed by atoms with Crippen LogP contribution in [0, 0.1) is 11.8 Å². The van der Waals surface area contributed by atoms with Gasteiger partial charge in [0.1, 0.15) is 12.4 Å². The van der Waals surface area contributed by atoms with Crippen LogP contribution >= 0.6 is 0 Å². The first-order valence-corrected chi connectivity index (χ1v) is 10.7. The van der Waals surface area contributed by atoms with E-state index >= 15 is 0 Å². The third-order valence-corrected chi connectivity index (χ3v) is 6.45. The van der Waals surface area contributed by atoms with E-state index in [0.29, 0.717) is 11.4 Å². The summed E-state index contributed by atoms with van der Waals surface area (Å²) < 4.78 is 24.3. The molecule has 2 heterocycles. The lowest BCUT2D eigenvalue weighted by molar-refractivity contribution is -0.250. The van der Waals surface area contributed by atoms with E-state index in [1.165, 1.54) is 14.2 Å². The molecule has 2 atom stereocenters. The van der Waals surface area contributed by atoms with Gasteiger partial charge < -0.3 is 19.4 Å². The molecule has 0 aliphatic carbocycles. The lowest BCUT2D eigenvalue weighted by atomic mass is 9.76. The second-order valence-electron chi connectivity index (χ2n) is 8.51. The summed E-state index contributed by atoms with van der Waals surface area (Å²) in [5, 5.41) is 15.5. The van der Waals surface area contributed by atoms with Gasteiger partial charge in [-0.05, 0) is 11.5 Å². The van der Waals surface area contributed by atoms with E-state index in [2.05, 4.69) is 10.1 Å². The Hall–Kier alpha value is -2.91. The minimum absolute atomic E-state index is 0.160. The zero-order valence-corrected chi connectivity index (χ0v) is 19.2. The van der Waals surface area contributed by atoms with Crippen LogP contribution in [0.15, 0.2) is 41.7 Å². The Morgan fingerprint density at radius 3 is 2.52 bits per heavy atom. The third kappa shape index (κ3) is 4.60. The smallest absolute Gasteiger partial charge is 0.303 e. The fourth-order valence-corrected chi connectivity index (χ4v) is 4.33. The first kappa shape index (κ1) is 24.7. The maximum Gasteiger partial charge on any atom is 0.303 e. The first-order valence-electron chi connectivity index (χ1n) is 10.7. The van der Waals surface area contributed by atoms with Crippen LogP contribution in [0.1, 0.15) is 38.8 Å². The van der Waals surface area contributed by atoms with Gasteiger partial charge in [-0.3, -0.25) is 14.6 Å². The zero-order chi connectivity index (χ0) is 24.2. The van der Waals surface area contributed by atoms with Crippen molar-refractivity contribution < 1.29 is 33.4 Å². The van der Waals surface area contributed by atoms with Crippen molar-refractivity contribution in [1.29, 1.82) is 0 Å². The van der Waals surface area contributed by atoms with Gasteiger partial charge in [0.2, 0.25) is 5.60 Å². The number of nitrogens with zero attached hydrogens (tertiary/aromatic N) is 2. The number of hydrogen-bond donors (Lipinski definition) is 1. The van der Waals surface area contributed by atoms with E-state index in [1.54, 1.807) is 6.20 Å². The number of methoxy groups -OCH3 is 2. The summed E-state index contributed by atoms with van der Waals surface area (Å²) in [6.45, 7) is 2.55. The molecule has 1 aromatic carbocycles. The molecule has 3 rings (SSSR count). The van der Waals surface area contributed by atoms with Crippen LogP contribution in [-0.4, -0.2) is 59.8 Å². The molecule has 0 amide bonds. The number of rotatable bonds is 11. The van der Waals surface area contributed by atoms with E-state index in [0.717, 1.165) is 10.8 Å². The zero-order valence-electron chi connectivity index (χ0n) is 19.2. The maximum atomic E-state index is 13.9. The average molecular weight is 461 g/mol. The minimum atomic E-state index is -1.86. The summed E-state index contributed by atoms with van der Waals surface area (Å²) in [6, 6.07) is 9.59. The number of ether oxygens (including phenoxy) is 2. The number of carbonyl (C=O) groups excluding carboxylic acids is 1. The quantitative estimate of drug-likeness (QED) is 0.509. The van der Waals surface area contributed by atoms with E-state index in [4.69, 9.17) is 14.3 Å². The van der Waals surface area contributed by atoms with Crippen molar-refractivity contribution in [3.05, 3.63) is 42.2 Å². The van der Waals surface area contributed by atoms with Crippen molar-refractivity contribution in [3.63, 3.8) is 0 Å². The summed E-state index contributed by atoms with van der Waals surface area (Å²) in [5.74, 6) is -4.80. The van der Waals surface area contributed by atoms with Crippen molar-refractivity contribution >= 4 is 28.2 Å². The number of Topliss-reactive ketones (excluding diaryl/α,β-unsaturated/α-hetero) is 1. The number of carbonyl (C=O) groups is 2. The number of benzene rings is 1. The molecular weight excluding hydrogens is 431 g/mol. The maximum absolute atomic E-state index is 13.9. The highest BCUT2D eigenvalue weighted by Gasteiger charge is 2.52. The van der Waals surface area contributed by atoms with Crippen LogP contribution in [0.4, 0.5) is 4.39 Å². The number of fused-ring (bicyclic) bond motifs is 1. The van der Waals surface area contributed by atoms with Crippen molar-refractivity contribution in [1.82, 2.24) is 4.98 Å². The van der Waals surface area contributed by atoms with Gasteiger partial charge in [-0.1, -0.05) is 43.3 Å². The van der Waals surface area contributed by atoms with Crippen LogP contribution in [0.5, 0.6) is 0 Å². The van der Waals surface area contributed by atoms with Gasteiger partial charge >= 0.3 is 5.97 Å². The van der Waals surface area contributed by atoms with Crippen molar-refractivity contribution in [2.24, 2.45) is 17.0 Å². The van der Waals surface area contributed by atoms with Crippen LogP contribution in [0.2, 0.25) is 0 Å². The number of hydrogen-bond acceptors (Lipinski definition) is 7. The summed E-state index contributed by atoms with van der Waals surface area (Å²) in [7, 11) is 2.44. The average Bonchev–Trinajstić information content (AvgIpc) is 3.27. The Morgan fingerprint density at radius 2 is 1.91 bits per heavy atom. The Bertz CT molecular complexity index is 1040. The molecule has 1 aliphatic heterocycles. The molecule has 0 spiro atoms. The Balaban J connectivity index is 1.92. The lowest BCUT2D eigenvalue weighted by Gasteiger charge is -2.37. The monoisotopic (exact) mass is 460 g/mol. The van der Waals surface area contributed by atoms with E-state index in [9.17, 15) is 19.1 Å². The van der Waals surface area contributed by atoms with Gasteiger partial charge in [0.25, 0.3) is 0 Å². The number of aromatic nitrogens is 1. The van der Waals surface area contributed by atoms with E-state index < -0.39 is 42.2 Å². The van der Waals surface area contributed by atoms with E-state index in [-0.39, 0.29) is 18.8 Å². The molecule has 0 radical (unpaired) electrons. The van der Waals surface area contributed by atoms with Gasteiger partial charge in [-0.2, -0.15) is 0 Å². The molecule has 2 aromatic rings. The first-order chi connectivity index (χ1) is 15.7. The fraction of sp³-hybridized carbons (Fsp3) is 0.500. The predicted molar refractivity (Wildman–Crippen MR) is 120 cm³/mol. The lowest BCUT2D eigenvalue weighted by Crippen LogP contribution is -2.50. The van der Waals surface area contributed by atoms with Gasteiger partial charge in [-0.15, -0.1) is 0 Å². The highest BCUT2D eigenvalue weighted by Crippen LogP contribution is 2.39. The SMILES string of the molecule is COC(CF)(OC)[C@H](CC(=O)O)CC(=O)[C@]1(C(C)C)CC(c2nccc3ccccc23)=NO1. The van der Waals surface area contributed by atoms with Crippen LogP contribution in [-0.2, 0) is 23.9 Å². The van der Waals surface area contributed by atoms with Crippen molar-refractivity contribution in [3.8, 4) is 0 Å². The highest BCUT2D eigenvalue weighted by molar-refractivity contribution is 6.12. The summed E-state index contributed by atoms with van der Waals surface area (Å²) in [5.41, 5.74) is -0.190. The summed E-state index contributed by atoms with van der Waals surface area (Å²) in [4.78, 5) is 35.3. The molecule has 33 heavy (non-hydrogen) atoms.